The number of ether oxygens (including phenoxy) is 1. The fourth-order valence-electron chi connectivity index (χ4n) is 2.68. The summed E-state index contributed by atoms with van der Waals surface area (Å²) in [7, 11) is 0. The summed E-state index contributed by atoms with van der Waals surface area (Å²) in [6.07, 6.45) is 1.36. The maximum absolute atomic E-state index is 5.77. The van der Waals surface area contributed by atoms with E-state index in [1.54, 1.807) is 0 Å². The highest BCUT2D eigenvalue weighted by Gasteiger charge is 2.26. The molecule has 0 bridgehead atoms. The van der Waals surface area contributed by atoms with E-state index in [0.717, 1.165) is 44.2 Å². The molecule has 0 aromatic carbocycles. The molecule has 118 valence electrons. The molecule has 4 nitrogen and oxygen atoms in total. The van der Waals surface area contributed by atoms with Crippen LogP contribution in [0.25, 0.3) is 0 Å². The van der Waals surface area contributed by atoms with Crippen molar-refractivity contribution in [2.75, 3.05) is 24.6 Å². The fraction of sp³-hybridized carbons (Fsp3) is 0.706. The summed E-state index contributed by atoms with van der Waals surface area (Å²) in [6, 6.07) is 6.77. The predicted octanol–water partition coefficient (Wildman–Crippen LogP) is 2.83. The minimum atomic E-state index is 0.275. The van der Waals surface area contributed by atoms with E-state index in [9.17, 15) is 0 Å². The first-order valence-corrected chi connectivity index (χ1v) is 8.15. The first kappa shape index (κ1) is 16.2. The second-order valence-corrected chi connectivity index (χ2v) is 6.37. The van der Waals surface area contributed by atoms with Crippen LogP contribution in [-0.2, 0) is 11.3 Å². The first-order chi connectivity index (χ1) is 10.1. The van der Waals surface area contributed by atoms with Gasteiger partial charge in [-0.3, -0.25) is 0 Å². The Kier molecular flexibility index (Phi) is 6.00. The fourth-order valence-corrected chi connectivity index (χ4v) is 2.68. The number of pyridine rings is 1. The van der Waals surface area contributed by atoms with Gasteiger partial charge in [-0.15, -0.1) is 0 Å². The number of rotatable bonds is 6. The number of nitrogens with one attached hydrogen (secondary N) is 1. The van der Waals surface area contributed by atoms with E-state index in [-0.39, 0.29) is 6.10 Å². The van der Waals surface area contributed by atoms with Crippen molar-refractivity contribution in [3.05, 3.63) is 23.9 Å². The van der Waals surface area contributed by atoms with Crippen molar-refractivity contribution in [2.45, 2.75) is 52.8 Å². The summed E-state index contributed by atoms with van der Waals surface area (Å²) >= 11 is 0. The standard InChI is InChI=1S/C17H29N3O/c1-5-16-12-21-14(4)11-20(16)17-8-6-7-15(19-17)10-18-9-13(2)3/h6-8,13-14,16,18H,5,9-12H2,1-4H3. The van der Waals surface area contributed by atoms with Gasteiger partial charge in [0.25, 0.3) is 0 Å². The van der Waals surface area contributed by atoms with E-state index < -0.39 is 0 Å². The molecule has 1 aromatic rings. The van der Waals surface area contributed by atoms with Crippen LogP contribution < -0.4 is 10.2 Å². The number of anilines is 1. The van der Waals surface area contributed by atoms with E-state index in [2.05, 4.69) is 56.1 Å². The smallest absolute Gasteiger partial charge is 0.129 e. The Labute approximate surface area is 128 Å². The molecule has 0 aliphatic carbocycles. The third kappa shape index (κ3) is 4.68. The largest absolute Gasteiger partial charge is 0.375 e. The number of nitrogens with zero attached hydrogens (tertiary/aromatic N) is 2. The summed E-state index contributed by atoms with van der Waals surface area (Å²) in [6.45, 7) is 12.4. The molecule has 0 radical (unpaired) electrons. The second-order valence-electron chi connectivity index (χ2n) is 6.37. The van der Waals surface area contributed by atoms with Gasteiger partial charge in [0.15, 0.2) is 0 Å². The van der Waals surface area contributed by atoms with Crippen LogP contribution in [0.1, 0.15) is 39.8 Å². The van der Waals surface area contributed by atoms with E-state index >= 15 is 0 Å². The zero-order valence-electron chi connectivity index (χ0n) is 13.8. The average Bonchev–Trinajstić information content (AvgIpc) is 2.47. The lowest BCUT2D eigenvalue weighted by Crippen LogP contribution is -2.49. The Bertz CT molecular complexity index is 436. The summed E-state index contributed by atoms with van der Waals surface area (Å²) in [5.74, 6) is 1.75. The third-order valence-corrected chi connectivity index (χ3v) is 3.88. The zero-order valence-corrected chi connectivity index (χ0v) is 13.8. The topological polar surface area (TPSA) is 37.4 Å². The van der Waals surface area contributed by atoms with Gasteiger partial charge in [0, 0.05) is 13.1 Å². The maximum Gasteiger partial charge on any atom is 0.129 e. The summed E-state index contributed by atoms with van der Waals surface area (Å²) in [4.78, 5) is 7.24. The van der Waals surface area contributed by atoms with Crippen molar-refractivity contribution < 1.29 is 4.74 Å². The van der Waals surface area contributed by atoms with Gasteiger partial charge in [-0.1, -0.05) is 26.8 Å². The maximum atomic E-state index is 5.77. The lowest BCUT2D eigenvalue weighted by molar-refractivity contribution is 0.0296. The average molecular weight is 291 g/mol. The number of hydrogen-bond donors (Lipinski definition) is 1. The molecule has 0 saturated carbocycles. The molecule has 1 aliphatic rings. The molecular formula is C17H29N3O. The Morgan fingerprint density at radius 3 is 2.95 bits per heavy atom. The molecule has 1 aromatic heterocycles. The van der Waals surface area contributed by atoms with Gasteiger partial charge in [-0.25, -0.2) is 4.98 Å². The van der Waals surface area contributed by atoms with E-state index in [1.807, 2.05) is 0 Å². The van der Waals surface area contributed by atoms with Crippen molar-refractivity contribution in [1.29, 1.82) is 0 Å². The SMILES string of the molecule is CCC1COC(C)CN1c1cccc(CNCC(C)C)n1. The van der Waals surface area contributed by atoms with Crippen molar-refractivity contribution >= 4 is 5.82 Å². The Morgan fingerprint density at radius 2 is 2.24 bits per heavy atom. The van der Waals surface area contributed by atoms with Crippen LogP contribution in [0.4, 0.5) is 5.82 Å². The molecule has 2 atom stereocenters. The molecule has 1 saturated heterocycles. The minimum Gasteiger partial charge on any atom is -0.375 e. The van der Waals surface area contributed by atoms with Crippen molar-refractivity contribution in [1.82, 2.24) is 10.3 Å². The van der Waals surface area contributed by atoms with E-state index in [1.165, 1.54) is 0 Å². The lowest BCUT2D eigenvalue weighted by Gasteiger charge is -2.39. The highest BCUT2D eigenvalue weighted by molar-refractivity contribution is 5.41. The Balaban J connectivity index is 2.04. The molecular weight excluding hydrogens is 262 g/mol. The van der Waals surface area contributed by atoms with Crippen LogP contribution in [0.2, 0.25) is 0 Å². The Morgan fingerprint density at radius 1 is 1.43 bits per heavy atom. The van der Waals surface area contributed by atoms with Gasteiger partial charge >= 0.3 is 0 Å². The summed E-state index contributed by atoms with van der Waals surface area (Å²) in [5.41, 5.74) is 1.11. The van der Waals surface area contributed by atoms with Gasteiger partial charge in [0.1, 0.15) is 5.82 Å². The zero-order chi connectivity index (χ0) is 15.2. The van der Waals surface area contributed by atoms with Gasteiger partial charge in [0.2, 0.25) is 0 Å². The van der Waals surface area contributed by atoms with Crippen LogP contribution in [0, 0.1) is 5.92 Å². The summed E-state index contributed by atoms with van der Waals surface area (Å²) < 4.78 is 5.77. The highest BCUT2D eigenvalue weighted by atomic mass is 16.5. The second kappa shape index (κ2) is 7.76. The molecule has 1 fully saturated rings. The molecule has 21 heavy (non-hydrogen) atoms. The normalized spacial score (nSPS) is 22.8. The molecule has 0 spiro atoms. The van der Waals surface area contributed by atoms with Gasteiger partial charge < -0.3 is 15.0 Å². The number of aromatic nitrogens is 1. The molecule has 2 heterocycles. The molecule has 0 amide bonds. The van der Waals surface area contributed by atoms with Gasteiger partial charge in [-0.05, 0) is 37.9 Å². The van der Waals surface area contributed by atoms with E-state index in [4.69, 9.17) is 9.72 Å². The van der Waals surface area contributed by atoms with Crippen LogP contribution in [0.5, 0.6) is 0 Å². The van der Waals surface area contributed by atoms with Gasteiger partial charge in [0.05, 0.1) is 24.4 Å². The highest BCUT2D eigenvalue weighted by Crippen LogP contribution is 2.21. The first-order valence-electron chi connectivity index (χ1n) is 8.15. The molecule has 1 N–H and O–H groups in total. The number of morpholine rings is 1. The van der Waals surface area contributed by atoms with Gasteiger partial charge in [-0.2, -0.15) is 0 Å². The Hall–Kier alpha value is -1.13. The third-order valence-electron chi connectivity index (χ3n) is 3.88. The van der Waals surface area contributed by atoms with E-state index in [0.29, 0.717) is 12.0 Å². The molecule has 1 aliphatic heterocycles. The van der Waals surface area contributed by atoms with Crippen LogP contribution in [0.15, 0.2) is 18.2 Å². The lowest BCUT2D eigenvalue weighted by atomic mass is 10.1. The molecule has 2 rings (SSSR count). The van der Waals surface area contributed by atoms with Crippen LogP contribution in [0.3, 0.4) is 0 Å². The summed E-state index contributed by atoms with van der Waals surface area (Å²) in [5, 5.41) is 3.46. The molecule has 4 heteroatoms. The van der Waals surface area contributed by atoms with Crippen LogP contribution >= 0.6 is 0 Å². The van der Waals surface area contributed by atoms with Crippen molar-refractivity contribution in [3.8, 4) is 0 Å². The molecule has 2 unspecified atom stereocenters. The quantitative estimate of drug-likeness (QED) is 0.874. The number of hydrogen-bond acceptors (Lipinski definition) is 4. The van der Waals surface area contributed by atoms with Crippen molar-refractivity contribution in [2.24, 2.45) is 5.92 Å². The van der Waals surface area contributed by atoms with Crippen LogP contribution in [-0.4, -0.2) is 36.8 Å². The predicted molar refractivity (Wildman–Crippen MR) is 87.6 cm³/mol. The van der Waals surface area contributed by atoms with Crippen molar-refractivity contribution in [3.63, 3.8) is 0 Å². The minimum absolute atomic E-state index is 0.275. The monoisotopic (exact) mass is 291 g/mol.